The van der Waals surface area contributed by atoms with Crippen molar-refractivity contribution in [2.45, 2.75) is 140 Å². The topological polar surface area (TPSA) is 171 Å². The first kappa shape index (κ1) is 44.6. The van der Waals surface area contributed by atoms with Gasteiger partial charge in [0.15, 0.2) is 0 Å². The third-order valence-corrected chi connectivity index (χ3v) is 16.9. The normalized spacial score (nSPS) is 25.5. The molecule has 1 spiro atoms. The van der Waals surface area contributed by atoms with E-state index in [1.807, 2.05) is 9.80 Å². The minimum absolute atomic E-state index is 0.0729. The van der Waals surface area contributed by atoms with Crippen LogP contribution in [0.4, 0.5) is 9.59 Å². The summed E-state index contributed by atoms with van der Waals surface area (Å²) in [7, 11) is 2.58. The number of alkyl carbamates (subject to hydrolysis) is 1. The fraction of sp³-hybridized carbons (Fsp3) is 0.537. The van der Waals surface area contributed by atoms with Gasteiger partial charge >= 0.3 is 12.2 Å². The van der Waals surface area contributed by atoms with E-state index < -0.39 is 24.1 Å². The molecule has 4 amide bonds. The van der Waals surface area contributed by atoms with Crippen molar-refractivity contribution in [2.24, 2.45) is 21.3 Å². The zero-order chi connectivity index (χ0) is 46.8. The maximum absolute atomic E-state index is 13.6. The number of ether oxygens (including phenoxy) is 2. The van der Waals surface area contributed by atoms with Crippen LogP contribution in [0.15, 0.2) is 52.4 Å². The lowest BCUT2D eigenvalue weighted by atomic mass is 9.63. The van der Waals surface area contributed by atoms with Crippen molar-refractivity contribution in [3.05, 3.63) is 76.1 Å². The lowest BCUT2D eigenvalue weighted by Crippen LogP contribution is -2.52. The van der Waals surface area contributed by atoms with Crippen LogP contribution in [0.2, 0.25) is 0 Å². The lowest BCUT2D eigenvalue weighted by molar-refractivity contribution is -0.134. The Morgan fingerprint density at radius 3 is 2.22 bits per heavy atom. The maximum Gasteiger partial charge on any atom is 0.432 e. The van der Waals surface area contributed by atoms with Crippen molar-refractivity contribution in [3.8, 4) is 22.3 Å². The highest BCUT2D eigenvalue weighted by atomic mass is 16.5. The Balaban J connectivity index is 0.915. The molecule has 14 nitrogen and oxygen atoms in total. The number of nitrogens with zero attached hydrogens (tertiary/aromatic N) is 5. The molecule has 2 bridgehead atoms. The second-order valence-corrected chi connectivity index (χ2v) is 20.8. The highest BCUT2D eigenvalue weighted by molar-refractivity contribution is 6.05. The van der Waals surface area contributed by atoms with Crippen molar-refractivity contribution in [1.82, 2.24) is 30.4 Å². The monoisotopic (exact) mass is 920 g/mol. The number of nitrogens with one attached hydrogen (secondary N) is 3. The highest BCUT2D eigenvalue weighted by Gasteiger charge is 2.45. The first-order chi connectivity index (χ1) is 33.0. The number of rotatable bonds is 9. The number of carbonyl (C=O) groups is 4. The number of benzene rings is 3. The molecular weight excluding hydrogens is 857 g/mol. The summed E-state index contributed by atoms with van der Waals surface area (Å²) in [6.07, 6.45) is 15.5. The summed E-state index contributed by atoms with van der Waals surface area (Å²) in [5.74, 6) is 1.09. The van der Waals surface area contributed by atoms with Gasteiger partial charge in [-0.15, -0.1) is 0 Å². The van der Waals surface area contributed by atoms with E-state index in [2.05, 4.69) is 67.8 Å². The molecule has 2 saturated heterocycles. The summed E-state index contributed by atoms with van der Waals surface area (Å²) < 4.78 is 9.40. The SMILES string of the molecule is COC(=O)N=CC(C)C(=O)N1CCCC1c1nc2ccc(-c3ccc(-c4ccc(C5=NC(C6CCCN6C(=O)C(C)NC(=O)OC)NC5)c5c4CC4(CCCC4)C5)c4c3C3CCC4CC3)cc2[nH]1. The number of H-pyrrole nitrogens is 1. The van der Waals surface area contributed by atoms with Crippen LogP contribution in [0, 0.1) is 11.3 Å². The number of aromatic nitrogens is 2. The summed E-state index contributed by atoms with van der Waals surface area (Å²) in [5.41, 5.74) is 15.9. The molecule has 12 rings (SSSR count). The average Bonchev–Trinajstić information content (AvgIpc) is 4.24. The van der Waals surface area contributed by atoms with Crippen molar-refractivity contribution in [2.75, 3.05) is 33.9 Å². The zero-order valence-corrected chi connectivity index (χ0v) is 39.9. The Morgan fingerprint density at radius 1 is 0.794 bits per heavy atom. The fourth-order valence-corrected chi connectivity index (χ4v) is 13.6. The van der Waals surface area contributed by atoms with Crippen molar-refractivity contribution in [3.63, 3.8) is 0 Å². The Bertz CT molecular complexity index is 2750. The zero-order valence-electron chi connectivity index (χ0n) is 39.9. The molecule has 5 aliphatic carbocycles. The summed E-state index contributed by atoms with van der Waals surface area (Å²) in [6.45, 7) is 5.42. The highest BCUT2D eigenvalue weighted by Crippen LogP contribution is 2.57. The van der Waals surface area contributed by atoms with Gasteiger partial charge in [0.05, 0.1) is 49.0 Å². The molecule has 5 atom stereocenters. The molecule has 1 aromatic heterocycles. The number of hydrogen-bond donors (Lipinski definition) is 3. The first-order valence-corrected chi connectivity index (χ1v) is 25.2. The van der Waals surface area contributed by atoms with Crippen LogP contribution in [-0.2, 0) is 31.9 Å². The Labute approximate surface area is 398 Å². The van der Waals surface area contributed by atoms with Crippen molar-refractivity contribution >= 4 is 47.0 Å². The minimum Gasteiger partial charge on any atom is -0.453 e. The third kappa shape index (κ3) is 7.80. The second kappa shape index (κ2) is 17.9. The van der Waals surface area contributed by atoms with Gasteiger partial charge < -0.3 is 29.6 Å². The molecule has 0 radical (unpaired) electrons. The molecule has 4 fully saturated rings. The number of hydrogen-bond acceptors (Lipinski definition) is 9. The van der Waals surface area contributed by atoms with Gasteiger partial charge in [0.1, 0.15) is 18.0 Å². The molecule has 2 saturated carbocycles. The molecule has 356 valence electrons. The molecule has 4 heterocycles. The number of aliphatic imine (C=N–C) groups is 2. The molecular formula is C54H64N8O6. The maximum atomic E-state index is 13.6. The van der Waals surface area contributed by atoms with E-state index >= 15 is 0 Å². The summed E-state index contributed by atoms with van der Waals surface area (Å²) in [4.78, 5) is 72.3. The van der Waals surface area contributed by atoms with E-state index in [4.69, 9.17) is 14.7 Å². The Hall–Kier alpha value is -5.89. The number of aromatic amines is 1. The first-order valence-electron chi connectivity index (χ1n) is 25.2. The van der Waals surface area contributed by atoms with Gasteiger partial charge in [-0.2, -0.15) is 4.99 Å². The molecule has 3 aliphatic heterocycles. The molecule has 8 aliphatic rings. The predicted molar refractivity (Wildman–Crippen MR) is 261 cm³/mol. The van der Waals surface area contributed by atoms with E-state index in [-0.39, 0.29) is 30.1 Å². The lowest BCUT2D eigenvalue weighted by Gasteiger charge is -2.41. The van der Waals surface area contributed by atoms with Gasteiger partial charge in [0, 0.05) is 31.4 Å². The number of carbonyl (C=O) groups excluding carboxylic acids is 4. The van der Waals surface area contributed by atoms with E-state index in [0.29, 0.717) is 36.9 Å². The molecule has 14 heteroatoms. The third-order valence-electron chi connectivity index (χ3n) is 16.9. The van der Waals surface area contributed by atoms with Gasteiger partial charge in [-0.25, -0.2) is 14.6 Å². The van der Waals surface area contributed by atoms with Crippen LogP contribution in [0.1, 0.15) is 142 Å². The smallest absolute Gasteiger partial charge is 0.432 e. The summed E-state index contributed by atoms with van der Waals surface area (Å²) >= 11 is 0. The number of likely N-dealkylation sites (tertiary alicyclic amines) is 2. The van der Waals surface area contributed by atoms with Crippen molar-refractivity contribution < 1.29 is 28.7 Å². The van der Waals surface area contributed by atoms with E-state index in [0.717, 1.165) is 61.1 Å². The van der Waals surface area contributed by atoms with E-state index in [1.54, 1.807) is 19.4 Å². The standard InChI is InChI=1S/C54H64N8O6/c1-30(28-56-52(65)67-3)50(63)61-23-8-10-45(61)49-58-41-20-15-34(25-42(41)59-49)35-16-19-38(47-33-13-11-32(12-14-33)46(35)47)36-17-18-37(40-27-54(26-39(36)40)21-5-6-22-54)43-29-55-48(60-43)44-9-7-24-62(44)51(64)31(2)57-53(66)68-4/h15-20,25,28,30-33,44-45,48,55H,5-14,21-24,26-27,29H2,1-4H3,(H,57,66)(H,58,59). The molecule has 3 N–H and O–H groups in total. The fourth-order valence-electron chi connectivity index (χ4n) is 13.6. The number of methoxy groups -OCH3 is 2. The van der Waals surface area contributed by atoms with Gasteiger partial charge in [-0.05, 0) is 165 Å². The van der Waals surface area contributed by atoms with Gasteiger partial charge in [-0.1, -0.05) is 43.2 Å². The quantitative estimate of drug-likeness (QED) is 0.140. The van der Waals surface area contributed by atoms with Gasteiger partial charge in [0.25, 0.3) is 0 Å². The van der Waals surface area contributed by atoms with Crippen LogP contribution in [0.25, 0.3) is 33.3 Å². The predicted octanol–water partition coefficient (Wildman–Crippen LogP) is 8.90. The molecule has 4 aromatic rings. The molecule has 68 heavy (non-hydrogen) atoms. The summed E-state index contributed by atoms with van der Waals surface area (Å²) in [5, 5.41) is 6.36. The van der Waals surface area contributed by atoms with E-state index in [1.165, 1.54) is 116 Å². The summed E-state index contributed by atoms with van der Waals surface area (Å²) in [6, 6.07) is 15.3. The number of amides is 4. The molecule has 5 unspecified atom stereocenters. The average molecular weight is 921 g/mol. The number of imidazole rings is 1. The largest absolute Gasteiger partial charge is 0.453 e. The Kier molecular flexibility index (Phi) is 11.7. The van der Waals surface area contributed by atoms with Crippen LogP contribution >= 0.6 is 0 Å². The van der Waals surface area contributed by atoms with Crippen molar-refractivity contribution in [1.29, 1.82) is 0 Å². The number of fused-ring (bicyclic) bond motifs is 4. The van der Waals surface area contributed by atoms with Gasteiger partial charge in [0.2, 0.25) is 11.8 Å². The van der Waals surface area contributed by atoms with Gasteiger partial charge in [-0.3, -0.25) is 19.9 Å². The van der Waals surface area contributed by atoms with Crippen LogP contribution in [0.5, 0.6) is 0 Å². The Morgan fingerprint density at radius 2 is 1.47 bits per heavy atom. The van der Waals surface area contributed by atoms with Crippen LogP contribution < -0.4 is 10.6 Å². The minimum atomic E-state index is -0.717. The van der Waals surface area contributed by atoms with Crippen LogP contribution in [-0.4, -0.2) is 108 Å². The van der Waals surface area contributed by atoms with E-state index in [9.17, 15) is 19.2 Å². The van der Waals surface area contributed by atoms with Crippen LogP contribution in [0.3, 0.4) is 0 Å². The molecule has 3 aromatic carbocycles. The second-order valence-electron chi connectivity index (χ2n) is 20.8.